The van der Waals surface area contributed by atoms with E-state index in [2.05, 4.69) is 20.4 Å². The zero-order chi connectivity index (χ0) is 17.1. The van der Waals surface area contributed by atoms with Crippen LogP contribution in [0.1, 0.15) is 5.82 Å². The molecule has 1 aliphatic rings. The van der Waals surface area contributed by atoms with Crippen molar-refractivity contribution < 1.29 is 9.53 Å². The highest BCUT2D eigenvalue weighted by Gasteiger charge is 2.24. The number of hydrogen-bond donors (Lipinski definition) is 1. The Bertz CT molecular complexity index is 704. The third-order valence-corrected chi connectivity index (χ3v) is 4.26. The first-order valence-corrected chi connectivity index (χ1v) is 7.89. The quantitative estimate of drug-likeness (QED) is 0.923. The number of hydrogen-bond acceptors (Lipinski definition) is 5. The Kier molecular flexibility index (Phi) is 4.54. The van der Waals surface area contributed by atoms with E-state index in [1.165, 1.54) is 0 Å². The Morgan fingerprint density at radius 2 is 1.79 bits per heavy atom. The second-order valence-corrected chi connectivity index (χ2v) is 5.74. The number of anilines is 2. The first-order chi connectivity index (χ1) is 11.6. The molecule has 2 aromatic rings. The van der Waals surface area contributed by atoms with Crippen LogP contribution in [-0.4, -0.2) is 59.0 Å². The molecule has 24 heavy (non-hydrogen) atoms. The molecule has 128 valence electrons. The summed E-state index contributed by atoms with van der Waals surface area (Å²) in [4.78, 5) is 16.3. The summed E-state index contributed by atoms with van der Waals surface area (Å²) < 4.78 is 7.08. The Balaban J connectivity index is 1.55. The maximum atomic E-state index is 12.4. The number of ether oxygens (including phenoxy) is 1. The number of piperazine rings is 1. The zero-order valence-corrected chi connectivity index (χ0v) is 14.2. The van der Waals surface area contributed by atoms with Gasteiger partial charge in [-0.15, -0.1) is 10.2 Å². The Morgan fingerprint density at radius 3 is 2.33 bits per heavy atom. The summed E-state index contributed by atoms with van der Waals surface area (Å²) in [5.41, 5.74) is 0.757. The molecule has 1 saturated heterocycles. The minimum atomic E-state index is -0.0889. The van der Waals surface area contributed by atoms with Crippen LogP contribution < -0.4 is 15.0 Å². The lowest BCUT2D eigenvalue weighted by atomic mass is 10.3. The maximum absolute atomic E-state index is 12.4. The molecule has 1 aliphatic heterocycles. The van der Waals surface area contributed by atoms with E-state index in [0.29, 0.717) is 13.1 Å². The maximum Gasteiger partial charge on any atom is 0.321 e. The van der Waals surface area contributed by atoms with Gasteiger partial charge in [-0.3, -0.25) is 0 Å². The fraction of sp³-hybridized carbons (Fsp3) is 0.438. The van der Waals surface area contributed by atoms with Gasteiger partial charge in [0, 0.05) is 38.9 Å². The summed E-state index contributed by atoms with van der Waals surface area (Å²) in [5.74, 6) is 2.49. The van der Waals surface area contributed by atoms with Crippen molar-refractivity contribution >= 4 is 17.7 Å². The minimum Gasteiger partial charge on any atom is -0.497 e. The third-order valence-electron chi connectivity index (χ3n) is 4.26. The number of nitrogens with one attached hydrogen (secondary N) is 1. The molecule has 1 aromatic heterocycles. The fourth-order valence-corrected chi connectivity index (χ4v) is 2.66. The van der Waals surface area contributed by atoms with E-state index in [9.17, 15) is 4.79 Å². The van der Waals surface area contributed by atoms with Gasteiger partial charge in [0.25, 0.3) is 0 Å². The van der Waals surface area contributed by atoms with E-state index in [4.69, 9.17) is 4.74 Å². The predicted molar refractivity (Wildman–Crippen MR) is 91.5 cm³/mol. The number of benzene rings is 1. The molecule has 0 atom stereocenters. The lowest BCUT2D eigenvalue weighted by Gasteiger charge is -2.34. The molecule has 0 saturated carbocycles. The van der Waals surface area contributed by atoms with Crippen LogP contribution in [0.15, 0.2) is 24.3 Å². The molecule has 8 heteroatoms. The van der Waals surface area contributed by atoms with Crippen LogP contribution in [0.3, 0.4) is 0 Å². The summed E-state index contributed by atoms with van der Waals surface area (Å²) in [6, 6.07) is 7.22. The molecule has 0 radical (unpaired) electrons. The molecular formula is C16H22N6O2. The van der Waals surface area contributed by atoms with Crippen LogP contribution in [0.4, 0.5) is 16.4 Å². The number of methoxy groups -OCH3 is 1. The number of carbonyl (C=O) groups is 1. The van der Waals surface area contributed by atoms with Crippen molar-refractivity contribution in [2.45, 2.75) is 6.92 Å². The first kappa shape index (κ1) is 16.1. The van der Waals surface area contributed by atoms with Gasteiger partial charge in [0.1, 0.15) is 11.6 Å². The second kappa shape index (κ2) is 6.77. The van der Waals surface area contributed by atoms with Crippen molar-refractivity contribution in [1.82, 2.24) is 19.7 Å². The molecule has 0 spiro atoms. The monoisotopic (exact) mass is 330 g/mol. The summed E-state index contributed by atoms with van der Waals surface area (Å²) in [7, 11) is 3.57. The number of carbonyl (C=O) groups excluding carboxylic acids is 1. The average molecular weight is 330 g/mol. The molecule has 1 N–H and O–H groups in total. The van der Waals surface area contributed by atoms with E-state index in [1.54, 1.807) is 7.11 Å². The Morgan fingerprint density at radius 1 is 1.12 bits per heavy atom. The third kappa shape index (κ3) is 3.27. The van der Waals surface area contributed by atoms with Crippen molar-refractivity contribution in [1.29, 1.82) is 0 Å². The van der Waals surface area contributed by atoms with E-state index in [0.717, 1.165) is 36.3 Å². The molecule has 0 bridgehead atoms. The van der Waals surface area contributed by atoms with Gasteiger partial charge >= 0.3 is 6.03 Å². The van der Waals surface area contributed by atoms with Crippen LogP contribution in [0.2, 0.25) is 0 Å². The zero-order valence-electron chi connectivity index (χ0n) is 14.2. The smallest absolute Gasteiger partial charge is 0.321 e. The molecule has 8 nitrogen and oxygen atoms in total. The first-order valence-electron chi connectivity index (χ1n) is 7.89. The van der Waals surface area contributed by atoms with E-state index in [-0.39, 0.29) is 6.03 Å². The van der Waals surface area contributed by atoms with Gasteiger partial charge in [-0.1, -0.05) is 0 Å². The van der Waals surface area contributed by atoms with Gasteiger partial charge in [0.05, 0.1) is 7.11 Å². The summed E-state index contributed by atoms with van der Waals surface area (Å²) in [5, 5.41) is 11.2. The van der Waals surface area contributed by atoms with Gasteiger partial charge in [-0.25, -0.2) is 4.79 Å². The van der Waals surface area contributed by atoms with E-state index < -0.39 is 0 Å². The van der Waals surface area contributed by atoms with Gasteiger partial charge in [-0.2, -0.15) is 0 Å². The fourth-order valence-electron chi connectivity index (χ4n) is 2.66. The van der Waals surface area contributed by atoms with Crippen LogP contribution in [0, 0.1) is 6.92 Å². The normalized spacial score (nSPS) is 14.6. The van der Waals surface area contributed by atoms with Crippen LogP contribution in [-0.2, 0) is 7.05 Å². The minimum absolute atomic E-state index is 0.0889. The van der Waals surface area contributed by atoms with Crippen molar-refractivity contribution in [3.63, 3.8) is 0 Å². The predicted octanol–water partition coefficient (Wildman–Crippen LogP) is 1.49. The number of aryl methyl sites for hydroxylation is 1. The van der Waals surface area contributed by atoms with E-state index >= 15 is 0 Å². The molecule has 3 rings (SSSR count). The number of aromatic nitrogens is 3. The van der Waals surface area contributed by atoms with Crippen molar-refractivity contribution in [3.8, 4) is 5.75 Å². The van der Waals surface area contributed by atoms with Gasteiger partial charge in [0.2, 0.25) is 5.95 Å². The summed E-state index contributed by atoms with van der Waals surface area (Å²) in [6.45, 7) is 4.70. The van der Waals surface area contributed by atoms with Gasteiger partial charge < -0.3 is 24.4 Å². The standard InChI is InChI=1S/C16H22N6O2/c1-12-18-19-15(20(12)2)21-8-10-22(11-9-21)16(23)17-13-4-6-14(24-3)7-5-13/h4-7H,8-11H2,1-3H3,(H,17,23). The van der Waals surface area contributed by atoms with E-state index in [1.807, 2.05) is 47.7 Å². The van der Waals surface area contributed by atoms with Crippen molar-refractivity contribution in [3.05, 3.63) is 30.1 Å². The lowest BCUT2D eigenvalue weighted by Crippen LogP contribution is -2.50. The summed E-state index contributed by atoms with van der Waals surface area (Å²) in [6.07, 6.45) is 0. The van der Waals surface area contributed by atoms with Crippen molar-refractivity contribution in [2.24, 2.45) is 7.05 Å². The highest BCUT2D eigenvalue weighted by Crippen LogP contribution is 2.17. The van der Waals surface area contributed by atoms with Crippen LogP contribution in [0.5, 0.6) is 5.75 Å². The van der Waals surface area contributed by atoms with Crippen LogP contribution in [0.25, 0.3) is 0 Å². The van der Waals surface area contributed by atoms with Gasteiger partial charge in [-0.05, 0) is 31.2 Å². The molecule has 0 unspecified atom stereocenters. The molecule has 2 amide bonds. The highest BCUT2D eigenvalue weighted by atomic mass is 16.5. The Labute approximate surface area is 141 Å². The second-order valence-electron chi connectivity index (χ2n) is 5.74. The number of urea groups is 1. The Hall–Kier alpha value is -2.77. The molecular weight excluding hydrogens is 308 g/mol. The molecule has 1 aromatic carbocycles. The topological polar surface area (TPSA) is 75.5 Å². The number of amides is 2. The summed E-state index contributed by atoms with van der Waals surface area (Å²) >= 11 is 0. The van der Waals surface area contributed by atoms with Crippen LogP contribution >= 0.6 is 0 Å². The SMILES string of the molecule is COc1ccc(NC(=O)N2CCN(c3nnc(C)n3C)CC2)cc1. The van der Waals surface area contributed by atoms with Gasteiger partial charge in [0.15, 0.2) is 0 Å². The number of rotatable bonds is 3. The molecule has 1 fully saturated rings. The lowest BCUT2D eigenvalue weighted by molar-refractivity contribution is 0.208. The average Bonchev–Trinajstić information content (AvgIpc) is 2.95. The molecule has 2 heterocycles. The van der Waals surface area contributed by atoms with Crippen molar-refractivity contribution in [2.75, 3.05) is 43.5 Å². The number of nitrogens with zero attached hydrogens (tertiary/aromatic N) is 5. The highest BCUT2D eigenvalue weighted by molar-refractivity contribution is 5.89. The molecule has 0 aliphatic carbocycles. The largest absolute Gasteiger partial charge is 0.497 e.